The SMILES string of the molecule is O=C(O)C(CNC1CC1)c1cccnc1. The van der Waals surface area contributed by atoms with Crippen LogP contribution < -0.4 is 5.32 Å². The van der Waals surface area contributed by atoms with Gasteiger partial charge in [-0.15, -0.1) is 0 Å². The summed E-state index contributed by atoms with van der Waals surface area (Å²) in [6, 6.07) is 4.10. The lowest BCUT2D eigenvalue weighted by Gasteiger charge is -2.12. The Hall–Kier alpha value is -1.42. The van der Waals surface area contributed by atoms with Crippen LogP contribution in [0.2, 0.25) is 0 Å². The van der Waals surface area contributed by atoms with Gasteiger partial charge in [0.25, 0.3) is 0 Å². The van der Waals surface area contributed by atoms with Crippen LogP contribution in [0.15, 0.2) is 24.5 Å². The summed E-state index contributed by atoms with van der Waals surface area (Å²) in [6.45, 7) is 0.492. The fraction of sp³-hybridized carbons (Fsp3) is 0.455. The molecule has 2 N–H and O–H groups in total. The number of carboxylic acid groups (broad SMARTS) is 1. The highest BCUT2D eigenvalue weighted by Gasteiger charge is 2.25. The fourth-order valence-corrected chi connectivity index (χ4v) is 1.50. The molecule has 1 atom stereocenters. The Morgan fingerprint density at radius 2 is 2.47 bits per heavy atom. The fourth-order valence-electron chi connectivity index (χ4n) is 1.50. The van der Waals surface area contributed by atoms with Gasteiger partial charge < -0.3 is 10.4 Å². The maximum Gasteiger partial charge on any atom is 0.312 e. The Balaban J connectivity index is 2.01. The third-order valence-electron chi connectivity index (χ3n) is 2.57. The second-order valence-corrected chi connectivity index (χ2v) is 3.86. The van der Waals surface area contributed by atoms with Crippen LogP contribution >= 0.6 is 0 Å². The van der Waals surface area contributed by atoms with E-state index in [4.69, 9.17) is 5.11 Å². The second kappa shape index (κ2) is 4.40. The van der Waals surface area contributed by atoms with E-state index in [1.165, 1.54) is 12.8 Å². The van der Waals surface area contributed by atoms with Crippen molar-refractivity contribution >= 4 is 5.97 Å². The van der Waals surface area contributed by atoms with Crippen LogP contribution in [-0.4, -0.2) is 28.6 Å². The van der Waals surface area contributed by atoms with Crippen molar-refractivity contribution in [2.45, 2.75) is 24.8 Å². The van der Waals surface area contributed by atoms with Crippen LogP contribution in [0.1, 0.15) is 24.3 Å². The average molecular weight is 206 g/mol. The Morgan fingerprint density at radius 1 is 1.67 bits per heavy atom. The van der Waals surface area contributed by atoms with Crippen LogP contribution in [0, 0.1) is 0 Å². The van der Waals surface area contributed by atoms with E-state index in [-0.39, 0.29) is 0 Å². The highest BCUT2D eigenvalue weighted by Crippen LogP contribution is 2.21. The number of nitrogens with zero attached hydrogens (tertiary/aromatic N) is 1. The van der Waals surface area contributed by atoms with E-state index < -0.39 is 11.9 Å². The molecule has 0 aromatic carbocycles. The number of aromatic nitrogens is 1. The van der Waals surface area contributed by atoms with Gasteiger partial charge in [0, 0.05) is 25.0 Å². The molecule has 0 bridgehead atoms. The summed E-state index contributed by atoms with van der Waals surface area (Å²) in [7, 11) is 0. The third kappa shape index (κ3) is 2.76. The minimum Gasteiger partial charge on any atom is -0.481 e. The van der Waals surface area contributed by atoms with Gasteiger partial charge in [0.15, 0.2) is 0 Å². The quantitative estimate of drug-likeness (QED) is 0.754. The zero-order chi connectivity index (χ0) is 10.7. The zero-order valence-corrected chi connectivity index (χ0v) is 8.39. The van der Waals surface area contributed by atoms with Gasteiger partial charge in [0.05, 0.1) is 5.92 Å². The Morgan fingerprint density at radius 3 is 3.00 bits per heavy atom. The van der Waals surface area contributed by atoms with Gasteiger partial charge in [-0.1, -0.05) is 6.07 Å². The van der Waals surface area contributed by atoms with Crippen molar-refractivity contribution in [2.24, 2.45) is 0 Å². The predicted octanol–water partition coefficient (Wildman–Crippen LogP) is 1.00. The summed E-state index contributed by atoms with van der Waals surface area (Å²) in [5, 5.41) is 12.3. The molecular formula is C11H14N2O2. The number of carboxylic acids is 1. The standard InChI is InChI=1S/C11H14N2O2/c14-11(15)10(7-13-9-3-4-9)8-2-1-5-12-6-8/h1-2,5-6,9-10,13H,3-4,7H2,(H,14,15). The summed E-state index contributed by atoms with van der Waals surface area (Å²) in [6.07, 6.45) is 5.60. The van der Waals surface area contributed by atoms with Gasteiger partial charge in [-0.05, 0) is 24.5 Å². The molecule has 0 amide bonds. The third-order valence-corrected chi connectivity index (χ3v) is 2.57. The average Bonchev–Trinajstić information content (AvgIpc) is 3.03. The van der Waals surface area contributed by atoms with Crippen LogP contribution in [-0.2, 0) is 4.79 Å². The van der Waals surface area contributed by atoms with Crippen molar-refractivity contribution in [2.75, 3.05) is 6.54 Å². The minimum atomic E-state index is -0.795. The molecule has 4 heteroatoms. The summed E-state index contributed by atoms with van der Waals surface area (Å²) in [5.74, 6) is -1.28. The Bertz CT molecular complexity index is 336. The van der Waals surface area contributed by atoms with Crippen molar-refractivity contribution in [3.05, 3.63) is 30.1 Å². The summed E-state index contributed by atoms with van der Waals surface area (Å²) in [5.41, 5.74) is 0.762. The van der Waals surface area contributed by atoms with E-state index in [0.717, 1.165) is 5.56 Å². The largest absolute Gasteiger partial charge is 0.481 e. The van der Waals surface area contributed by atoms with E-state index in [0.29, 0.717) is 12.6 Å². The Labute approximate surface area is 88.3 Å². The topological polar surface area (TPSA) is 62.2 Å². The molecule has 1 aliphatic rings. The first kappa shape index (κ1) is 10.1. The molecule has 4 nitrogen and oxygen atoms in total. The molecule has 0 radical (unpaired) electrons. The highest BCUT2D eigenvalue weighted by molar-refractivity contribution is 5.76. The minimum absolute atomic E-state index is 0.487. The smallest absolute Gasteiger partial charge is 0.312 e. The molecule has 1 heterocycles. The molecule has 0 saturated heterocycles. The van der Waals surface area contributed by atoms with Gasteiger partial charge in [-0.25, -0.2) is 0 Å². The van der Waals surface area contributed by atoms with Crippen LogP contribution in [0.4, 0.5) is 0 Å². The first-order valence-corrected chi connectivity index (χ1v) is 5.13. The van der Waals surface area contributed by atoms with E-state index >= 15 is 0 Å². The molecule has 2 rings (SSSR count). The first-order chi connectivity index (χ1) is 7.27. The maximum absolute atomic E-state index is 11.1. The lowest BCUT2D eigenvalue weighted by Crippen LogP contribution is -2.28. The number of rotatable bonds is 5. The van der Waals surface area contributed by atoms with Gasteiger partial charge in [0.1, 0.15) is 0 Å². The van der Waals surface area contributed by atoms with Gasteiger partial charge in [-0.2, -0.15) is 0 Å². The van der Waals surface area contributed by atoms with Crippen molar-refractivity contribution < 1.29 is 9.90 Å². The van der Waals surface area contributed by atoms with Crippen molar-refractivity contribution in [3.8, 4) is 0 Å². The van der Waals surface area contributed by atoms with Gasteiger partial charge >= 0.3 is 5.97 Å². The van der Waals surface area contributed by atoms with Crippen LogP contribution in [0.3, 0.4) is 0 Å². The number of pyridine rings is 1. The van der Waals surface area contributed by atoms with Gasteiger partial charge in [0.2, 0.25) is 0 Å². The molecule has 15 heavy (non-hydrogen) atoms. The molecular weight excluding hydrogens is 192 g/mol. The zero-order valence-electron chi connectivity index (χ0n) is 8.39. The van der Waals surface area contributed by atoms with E-state index in [1.54, 1.807) is 24.5 Å². The van der Waals surface area contributed by atoms with Gasteiger partial charge in [-0.3, -0.25) is 9.78 Å². The van der Waals surface area contributed by atoms with E-state index in [1.807, 2.05) is 0 Å². The van der Waals surface area contributed by atoms with Crippen molar-refractivity contribution in [1.29, 1.82) is 0 Å². The number of nitrogens with one attached hydrogen (secondary N) is 1. The molecule has 1 aliphatic carbocycles. The summed E-state index contributed by atoms with van der Waals surface area (Å²) >= 11 is 0. The van der Waals surface area contributed by atoms with E-state index in [9.17, 15) is 4.79 Å². The second-order valence-electron chi connectivity index (χ2n) is 3.86. The summed E-state index contributed by atoms with van der Waals surface area (Å²) in [4.78, 5) is 15.0. The van der Waals surface area contributed by atoms with Crippen molar-refractivity contribution in [1.82, 2.24) is 10.3 Å². The molecule has 0 aliphatic heterocycles. The molecule has 1 aromatic rings. The van der Waals surface area contributed by atoms with Crippen LogP contribution in [0.25, 0.3) is 0 Å². The van der Waals surface area contributed by atoms with Crippen molar-refractivity contribution in [3.63, 3.8) is 0 Å². The maximum atomic E-state index is 11.1. The Kier molecular flexibility index (Phi) is 2.97. The molecule has 1 saturated carbocycles. The lowest BCUT2D eigenvalue weighted by molar-refractivity contribution is -0.138. The summed E-state index contributed by atoms with van der Waals surface area (Å²) < 4.78 is 0. The number of hydrogen-bond donors (Lipinski definition) is 2. The molecule has 1 aromatic heterocycles. The first-order valence-electron chi connectivity index (χ1n) is 5.13. The monoisotopic (exact) mass is 206 g/mol. The highest BCUT2D eigenvalue weighted by atomic mass is 16.4. The lowest BCUT2D eigenvalue weighted by atomic mass is 10.0. The van der Waals surface area contributed by atoms with E-state index in [2.05, 4.69) is 10.3 Å². The molecule has 0 spiro atoms. The number of aliphatic carboxylic acids is 1. The number of carbonyl (C=O) groups is 1. The molecule has 1 unspecified atom stereocenters. The molecule has 1 fully saturated rings. The normalized spacial score (nSPS) is 17.3. The molecule has 80 valence electrons. The number of hydrogen-bond acceptors (Lipinski definition) is 3. The van der Waals surface area contributed by atoms with Crippen LogP contribution in [0.5, 0.6) is 0 Å². The predicted molar refractivity (Wildman–Crippen MR) is 55.6 cm³/mol.